The lowest BCUT2D eigenvalue weighted by Crippen LogP contribution is -2.36. The van der Waals surface area contributed by atoms with Gasteiger partial charge in [0.25, 0.3) is 11.1 Å². The number of amides is 3. The third-order valence-corrected chi connectivity index (χ3v) is 6.80. The Bertz CT molecular complexity index is 1360. The Morgan fingerprint density at radius 2 is 1.81 bits per heavy atom. The minimum atomic E-state index is -0.549. The zero-order valence-electron chi connectivity index (χ0n) is 19.7. The van der Waals surface area contributed by atoms with Crippen molar-refractivity contribution in [1.29, 1.82) is 0 Å². The quantitative estimate of drug-likeness (QED) is 0.300. The van der Waals surface area contributed by atoms with Crippen LogP contribution in [0.4, 0.5) is 14.9 Å². The van der Waals surface area contributed by atoms with Crippen molar-refractivity contribution in [2.24, 2.45) is 0 Å². The highest BCUT2D eigenvalue weighted by Crippen LogP contribution is 2.35. The van der Waals surface area contributed by atoms with Crippen molar-refractivity contribution in [2.45, 2.75) is 13.5 Å². The number of hydrogen-bond donors (Lipinski definition) is 1. The van der Waals surface area contributed by atoms with Crippen molar-refractivity contribution in [3.63, 3.8) is 0 Å². The Morgan fingerprint density at radius 1 is 1.05 bits per heavy atom. The molecular formula is C27H22BrFN2O5S. The van der Waals surface area contributed by atoms with Crippen LogP contribution in [-0.4, -0.2) is 35.1 Å². The van der Waals surface area contributed by atoms with E-state index in [9.17, 15) is 18.8 Å². The molecule has 1 aliphatic heterocycles. The van der Waals surface area contributed by atoms with Crippen LogP contribution in [0.1, 0.15) is 18.1 Å². The van der Waals surface area contributed by atoms with Crippen LogP contribution in [0.2, 0.25) is 0 Å². The molecule has 0 atom stereocenters. The van der Waals surface area contributed by atoms with Crippen molar-refractivity contribution >= 4 is 56.5 Å². The normalized spacial score (nSPS) is 14.2. The van der Waals surface area contributed by atoms with E-state index in [1.54, 1.807) is 54.6 Å². The van der Waals surface area contributed by atoms with E-state index in [-0.39, 0.29) is 17.3 Å². The molecular weight excluding hydrogens is 563 g/mol. The molecule has 3 aromatic carbocycles. The fourth-order valence-electron chi connectivity index (χ4n) is 3.43. The largest absolute Gasteiger partial charge is 0.490 e. The molecule has 7 nitrogen and oxygen atoms in total. The smallest absolute Gasteiger partial charge is 0.294 e. The molecule has 4 rings (SSSR count). The highest BCUT2D eigenvalue weighted by atomic mass is 79.9. The molecule has 37 heavy (non-hydrogen) atoms. The van der Waals surface area contributed by atoms with Crippen molar-refractivity contribution in [3.05, 3.63) is 93.1 Å². The molecule has 1 aliphatic rings. The second-order valence-corrected chi connectivity index (χ2v) is 9.70. The van der Waals surface area contributed by atoms with Gasteiger partial charge >= 0.3 is 0 Å². The first kappa shape index (κ1) is 26.4. The zero-order chi connectivity index (χ0) is 26.4. The first-order valence-corrected chi connectivity index (χ1v) is 12.9. The average molecular weight is 585 g/mol. The van der Waals surface area contributed by atoms with Crippen LogP contribution >= 0.6 is 27.7 Å². The number of rotatable bonds is 9. The summed E-state index contributed by atoms with van der Waals surface area (Å²) in [6.07, 6.45) is 1.57. The zero-order valence-corrected chi connectivity index (χ0v) is 22.1. The van der Waals surface area contributed by atoms with E-state index in [1.165, 1.54) is 12.1 Å². The van der Waals surface area contributed by atoms with Crippen LogP contribution in [0.25, 0.3) is 6.08 Å². The molecule has 1 heterocycles. The second-order valence-electron chi connectivity index (χ2n) is 7.85. The highest BCUT2D eigenvalue weighted by Gasteiger charge is 2.36. The number of carbonyl (C=O) groups excluding carboxylic acids is 3. The summed E-state index contributed by atoms with van der Waals surface area (Å²) in [6.45, 7) is 2.05. The van der Waals surface area contributed by atoms with E-state index in [0.717, 1.165) is 22.2 Å². The molecule has 0 aromatic heterocycles. The molecule has 0 radical (unpaired) electrons. The first-order chi connectivity index (χ1) is 17.8. The van der Waals surface area contributed by atoms with E-state index in [2.05, 4.69) is 21.2 Å². The van der Waals surface area contributed by atoms with E-state index in [4.69, 9.17) is 9.47 Å². The molecule has 0 bridgehead atoms. The molecule has 10 heteroatoms. The molecule has 1 fully saturated rings. The third kappa shape index (κ3) is 6.78. The summed E-state index contributed by atoms with van der Waals surface area (Å²) in [4.78, 5) is 38.9. The van der Waals surface area contributed by atoms with Crippen LogP contribution in [-0.2, 0) is 16.2 Å². The van der Waals surface area contributed by atoms with Crippen molar-refractivity contribution in [3.8, 4) is 11.5 Å². The molecule has 1 saturated heterocycles. The predicted molar refractivity (Wildman–Crippen MR) is 144 cm³/mol. The van der Waals surface area contributed by atoms with Gasteiger partial charge in [0.1, 0.15) is 19.0 Å². The SMILES string of the molecule is CCOc1cc(/C=C2\SC(=O)N(CC(=O)Nc3ccccc3Br)C2=O)ccc1OCc1ccc(F)cc1. The Hall–Kier alpha value is -3.63. The number of halogens is 2. The monoisotopic (exact) mass is 584 g/mol. The number of thioether (sulfide) groups is 1. The molecule has 0 spiro atoms. The minimum Gasteiger partial charge on any atom is -0.490 e. The Balaban J connectivity index is 1.45. The second kappa shape index (κ2) is 12.1. The number of imide groups is 1. The first-order valence-electron chi connectivity index (χ1n) is 11.3. The summed E-state index contributed by atoms with van der Waals surface area (Å²) in [6, 6.07) is 18.2. The summed E-state index contributed by atoms with van der Waals surface area (Å²) in [7, 11) is 0. The standard InChI is InChI=1S/C27H22BrFN2O5S/c1-2-35-23-13-18(9-12-22(23)36-16-17-7-10-19(29)11-8-17)14-24-26(33)31(27(34)37-24)15-25(32)30-21-6-4-3-5-20(21)28/h3-14H,2,15-16H2,1H3,(H,30,32)/b24-14-. The van der Waals surface area contributed by atoms with E-state index < -0.39 is 23.6 Å². The van der Waals surface area contributed by atoms with E-state index in [1.807, 2.05) is 13.0 Å². The van der Waals surface area contributed by atoms with Gasteiger partial charge in [0.2, 0.25) is 5.91 Å². The lowest BCUT2D eigenvalue weighted by molar-refractivity contribution is -0.127. The van der Waals surface area contributed by atoms with Gasteiger partial charge < -0.3 is 14.8 Å². The number of benzene rings is 3. The van der Waals surface area contributed by atoms with Gasteiger partial charge in [-0.3, -0.25) is 19.3 Å². The average Bonchev–Trinajstić information content (AvgIpc) is 3.13. The number of anilines is 1. The lowest BCUT2D eigenvalue weighted by Gasteiger charge is -2.13. The van der Waals surface area contributed by atoms with E-state index >= 15 is 0 Å². The van der Waals surface area contributed by atoms with Crippen LogP contribution in [0.3, 0.4) is 0 Å². The van der Waals surface area contributed by atoms with Gasteiger partial charge in [0.05, 0.1) is 17.2 Å². The van der Waals surface area contributed by atoms with Gasteiger partial charge in [-0.15, -0.1) is 0 Å². The van der Waals surface area contributed by atoms with Crippen LogP contribution < -0.4 is 14.8 Å². The Morgan fingerprint density at radius 3 is 2.54 bits per heavy atom. The van der Waals surface area contributed by atoms with Gasteiger partial charge in [0.15, 0.2) is 11.5 Å². The number of ether oxygens (including phenoxy) is 2. The number of nitrogens with zero attached hydrogens (tertiary/aromatic N) is 1. The number of carbonyl (C=O) groups is 3. The van der Waals surface area contributed by atoms with Gasteiger partial charge in [-0.2, -0.15) is 0 Å². The Labute approximate surface area is 225 Å². The number of para-hydroxylation sites is 1. The molecule has 190 valence electrons. The van der Waals surface area contributed by atoms with Crippen molar-refractivity contribution in [2.75, 3.05) is 18.5 Å². The number of hydrogen-bond acceptors (Lipinski definition) is 6. The van der Waals surface area contributed by atoms with Crippen LogP contribution in [0.15, 0.2) is 76.1 Å². The third-order valence-electron chi connectivity index (χ3n) is 5.20. The van der Waals surface area contributed by atoms with Crippen LogP contribution in [0, 0.1) is 5.82 Å². The molecule has 0 saturated carbocycles. The van der Waals surface area contributed by atoms with Gasteiger partial charge in [-0.25, -0.2) is 4.39 Å². The summed E-state index contributed by atoms with van der Waals surface area (Å²) < 4.78 is 25.4. The van der Waals surface area contributed by atoms with Crippen molar-refractivity contribution in [1.82, 2.24) is 4.90 Å². The van der Waals surface area contributed by atoms with E-state index in [0.29, 0.717) is 33.8 Å². The molecule has 0 unspecified atom stereocenters. The summed E-state index contributed by atoms with van der Waals surface area (Å²) >= 11 is 4.11. The van der Waals surface area contributed by atoms with Crippen molar-refractivity contribution < 1.29 is 28.2 Å². The lowest BCUT2D eigenvalue weighted by atomic mass is 10.1. The molecule has 3 amide bonds. The fourth-order valence-corrected chi connectivity index (χ4v) is 4.65. The van der Waals surface area contributed by atoms with Gasteiger partial charge in [-0.1, -0.05) is 30.3 Å². The molecule has 1 N–H and O–H groups in total. The van der Waals surface area contributed by atoms with Gasteiger partial charge in [-0.05, 0) is 88.2 Å². The minimum absolute atomic E-state index is 0.195. The topological polar surface area (TPSA) is 84.9 Å². The summed E-state index contributed by atoms with van der Waals surface area (Å²) in [5.74, 6) is -0.411. The highest BCUT2D eigenvalue weighted by molar-refractivity contribution is 9.10. The summed E-state index contributed by atoms with van der Waals surface area (Å²) in [5, 5.41) is 2.16. The Kier molecular flexibility index (Phi) is 8.62. The summed E-state index contributed by atoms with van der Waals surface area (Å²) in [5.41, 5.74) is 1.96. The maximum absolute atomic E-state index is 13.1. The number of nitrogens with one attached hydrogen (secondary N) is 1. The fraction of sp³-hybridized carbons (Fsp3) is 0.148. The maximum Gasteiger partial charge on any atom is 0.294 e. The maximum atomic E-state index is 13.1. The van der Waals surface area contributed by atoms with Gasteiger partial charge in [0, 0.05) is 4.47 Å². The predicted octanol–water partition coefficient (Wildman–Crippen LogP) is 6.24. The molecule has 3 aromatic rings. The molecule has 0 aliphatic carbocycles. The van der Waals surface area contributed by atoms with Crippen LogP contribution in [0.5, 0.6) is 11.5 Å².